The van der Waals surface area contributed by atoms with Crippen molar-refractivity contribution in [3.63, 3.8) is 0 Å². The van der Waals surface area contributed by atoms with Gasteiger partial charge in [-0.2, -0.15) is 0 Å². The highest BCUT2D eigenvalue weighted by Gasteiger charge is 2.20. The Kier molecular flexibility index (Phi) is 10.2. The van der Waals surface area contributed by atoms with Crippen molar-refractivity contribution in [2.45, 2.75) is 40.2 Å². The van der Waals surface area contributed by atoms with Gasteiger partial charge in [-0.25, -0.2) is 4.39 Å². The van der Waals surface area contributed by atoms with E-state index in [0.29, 0.717) is 13.1 Å². The van der Waals surface area contributed by atoms with E-state index in [1.54, 1.807) is 25.3 Å². The Morgan fingerprint density at radius 2 is 1.82 bits per heavy atom. The van der Waals surface area contributed by atoms with E-state index >= 15 is 0 Å². The van der Waals surface area contributed by atoms with Crippen LogP contribution in [0.1, 0.15) is 37.1 Å². The molecular weight excluding hydrogens is 491 g/mol. The zero-order valence-corrected chi connectivity index (χ0v) is 24.0. The molecule has 0 N–H and O–H groups in total. The van der Waals surface area contributed by atoms with Crippen LogP contribution in [0.25, 0.3) is 17.0 Å². The van der Waals surface area contributed by atoms with Crippen molar-refractivity contribution >= 4 is 22.9 Å². The number of aryl methyl sites for hydroxylation is 1. The molecule has 2 aromatic carbocycles. The second-order valence-corrected chi connectivity index (χ2v) is 10.3. The number of hydrogen-bond donors (Lipinski definition) is 0. The van der Waals surface area contributed by atoms with Crippen molar-refractivity contribution in [1.82, 2.24) is 19.3 Å². The molecule has 0 atom stereocenters. The molecule has 210 valence electrons. The standard InChI is InChI=1S/C32H43FN4O2/c1-5-34(6-2)16-8-17-37-25(3)29(30-24-28(39-4)11-13-31(30)37)12-14-32(38)36-21-19-35(20-22-36)18-15-26-9-7-10-27(33)23-26/h7,9-14,23-24H,5-6,8,15-22H2,1-4H3. The molecule has 7 heteroatoms. The molecule has 0 bridgehead atoms. The first-order chi connectivity index (χ1) is 18.9. The van der Waals surface area contributed by atoms with E-state index in [-0.39, 0.29) is 11.7 Å². The third kappa shape index (κ3) is 7.28. The minimum atomic E-state index is -0.189. The predicted molar refractivity (Wildman–Crippen MR) is 158 cm³/mol. The Morgan fingerprint density at radius 1 is 1.05 bits per heavy atom. The van der Waals surface area contributed by atoms with Gasteiger partial charge in [0.1, 0.15) is 11.6 Å². The fourth-order valence-electron chi connectivity index (χ4n) is 5.54. The van der Waals surface area contributed by atoms with Gasteiger partial charge in [-0.05, 0) is 81.4 Å². The van der Waals surface area contributed by atoms with Crippen LogP contribution in [-0.2, 0) is 17.8 Å². The van der Waals surface area contributed by atoms with Crippen LogP contribution >= 0.6 is 0 Å². The summed E-state index contributed by atoms with van der Waals surface area (Å²) in [6, 6.07) is 13.0. The highest BCUT2D eigenvalue weighted by atomic mass is 19.1. The van der Waals surface area contributed by atoms with Crippen molar-refractivity contribution in [1.29, 1.82) is 0 Å². The summed E-state index contributed by atoms with van der Waals surface area (Å²) >= 11 is 0. The molecule has 6 nitrogen and oxygen atoms in total. The van der Waals surface area contributed by atoms with Crippen molar-refractivity contribution < 1.29 is 13.9 Å². The Labute approximate surface area is 232 Å². The SMILES string of the molecule is CCN(CC)CCCn1c(C)c(C=CC(=O)N2CCN(CCc3cccc(F)c3)CC2)c2cc(OC)ccc21. The van der Waals surface area contributed by atoms with Crippen LogP contribution in [-0.4, -0.2) is 84.6 Å². The molecule has 0 spiro atoms. The van der Waals surface area contributed by atoms with Crippen LogP contribution < -0.4 is 4.74 Å². The van der Waals surface area contributed by atoms with E-state index in [1.807, 2.05) is 23.1 Å². The van der Waals surface area contributed by atoms with Gasteiger partial charge in [-0.1, -0.05) is 26.0 Å². The summed E-state index contributed by atoms with van der Waals surface area (Å²) < 4.78 is 21.3. The molecule has 2 heterocycles. The normalized spacial score (nSPS) is 14.7. The number of halogens is 1. The van der Waals surface area contributed by atoms with Gasteiger partial charge in [-0.15, -0.1) is 0 Å². The average molecular weight is 535 g/mol. The van der Waals surface area contributed by atoms with Crippen molar-refractivity contribution in [3.8, 4) is 5.75 Å². The smallest absolute Gasteiger partial charge is 0.246 e. The van der Waals surface area contributed by atoms with Crippen LogP contribution in [0.5, 0.6) is 5.75 Å². The molecule has 3 aromatic rings. The van der Waals surface area contributed by atoms with Crippen molar-refractivity contribution in [2.24, 2.45) is 0 Å². The third-order valence-electron chi connectivity index (χ3n) is 8.01. The zero-order chi connectivity index (χ0) is 27.8. The number of rotatable bonds is 12. The number of benzene rings is 2. The zero-order valence-electron chi connectivity index (χ0n) is 24.0. The molecule has 1 aliphatic heterocycles. The highest BCUT2D eigenvalue weighted by Crippen LogP contribution is 2.31. The predicted octanol–water partition coefficient (Wildman–Crippen LogP) is 5.23. The van der Waals surface area contributed by atoms with E-state index < -0.39 is 0 Å². The summed E-state index contributed by atoms with van der Waals surface area (Å²) in [7, 11) is 1.69. The number of piperazine rings is 1. The summed E-state index contributed by atoms with van der Waals surface area (Å²) in [5.74, 6) is 0.675. The number of hydrogen-bond acceptors (Lipinski definition) is 4. The summed E-state index contributed by atoms with van der Waals surface area (Å²) in [5.41, 5.74) is 4.43. The lowest BCUT2D eigenvalue weighted by Gasteiger charge is -2.34. The van der Waals surface area contributed by atoms with Gasteiger partial charge < -0.3 is 19.1 Å². The summed E-state index contributed by atoms with van der Waals surface area (Å²) in [4.78, 5) is 19.8. The summed E-state index contributed by atoms with van der Waals surface area (Å²) in [5, 5.41) is 1.11. The average Bonchev–Trinajstić information content (AvgIpc) is 3.22. The van der Waals surface area contributed by atoms with Gasteiger partial charge >= 0.3 is 0 Å². The molecule has 1 amide bonds. The van der Waals surface area contributed by atoms with Crippen LogP contribution in [0.15, 0.2) is 48.5 Å². The van der Waals surface area contributed by atoms with E-state index in [1.165, 1.54) is 17.3 Å². The second-order valence-electron chi connectivity index (χ2n) is 10.3. The van der Waals surface area contributed by atoms with E-state index in [9.17, 15) is 9.18 Å². The van der Waals surface area contributed by atoms with Gasteiger partial charge in [0.15, 0.2) is 0 Å². The van der Waals surface area contributed by atoms with Crippen molar-refractivity contribution in [2.75, 3.05) is 59.5 Å². The Hall–Kier alpha value is -3.16. The number of amides is 1. The minimum Gasteiger partial charge on any atom is -0.497 e. The van der Waals surface area contributed by atoms with Crippen LogP contribution in [0.4, 0.5) is 4.39 Å². The number of fused-ring (bicyclic) bond motifs is 1. The van der Waals surface area contributed by atoms with Gasteiger partial charge in [0, 0.05) is 67.5 Å². The fourth-order valence-corrected chi connectivity index (χ4v) is 5.54. The van der Waals surface area contributed by atoms with Gasteiger partial charge in [0.2, 0.25) is 5.91 Å². The monoisotopic (exact) mass is 534 g/mol. The van der Waals surface area contributed by atoms with Gasteiger partial charge in [0.25, 0.3) is 0 Å². The lowest BCUT2D eigenvalue weighted by atomic mass is 10.1. The maximum atomic E-state index is 13.5. The first-order valence-corrected chi connectivity index (χ1v) is 14.3. The highest BCUT2D eigenvalue weighted by molar-refractivity contribution is 5.98. The van der Waals surface area contributed by atoms with E-state index in [0.717, 1.165) is 80.9 Å². The molecular formula is C32H43FN4O2. The molecule has 0 aliphatic carbocycles. The molecule has 1 fully saturated rings. The van der Waals surface area contributed by atoms with Gasteiger partial charge in [0.05, 0.1) is 7.11 Å². The molecule has 0 unspecified atom stereocenters. The third-order valence-corrected chi connectivity index (χ3v) is 8.01. The summed E-state index contributed by atoms with van der Waals surface area (Å²) in [6.07, 6.45) is 5.60. The maximum absolute atomic E-state index is 13.5. The van der Waals surface area contributed by atoms with Gasteiger partial charge in [-0.3, -0.25) is 9.69 Å². The molecule has 39 heavy (non-hydrogen) atoms. The Morgan fingerprint density at radius 3 is 2.51 bits per heavy atom. The first kappa shape index (κ1) is 28.8. The van der Waals surface area contributed by atoms with Crippen LogP contribution in [0, 0.1) is 12.7 Å². The quantitative estimate of drug-likeness (QED) is 0.299. The van der Waals surface area contributed by atoms with E-state index in [2.05, 4.69) is 47.3 Å². The molecule has 4 rings (SSSR count). The van der Waals surface area contributed by atoms with Crippen LogP contribution in [0.3, 0.4) is 0 Å². The topological polar surface area (TPSA) is 41.0 Å². The summed E-state index contributed by atoms with van der Waals surface area (Å²) in [6.45, 7) is 14.6. The second kappa shape index (κ2) is 13.8. The largest absolute Gasteiger partial charge is 0.497 e. The lowest BCUT2D eigenvalue weighted by Crippen LogP contribution is -2.48. The van der Waals surface area contributed by atoms with Crippen LogP contribution in [0.2, 0.25) is 0 Å². The van der Waals surface area contributed by atoms with Crippen molar-refractivity contribution in [3.05, 3.63) is 71.2 Å². The number of ether oxygens (including phenoxy) is 1. The van der Waals surface area contributed by atoms with E-state index in [4.69, 9.17) is 4.74 Å². The minimum absolute atomic E-state index is 0.0458. The molecule has 0 radical (unpaired) electrons. The number of carbonyl (C=O) groups is 1. The fraction of sp³-hybridized carbons (Fsp3) is 0.469. The number of carbonyl (C=O) groups excluding carboxylic acids is 1. The number of nitrogens with zero attached hydrogens (tertiary/aromatic N) is 4. The first-order valence-electron chi connectivity index (χ1n) is 14.3. The maximum Gasteiger partial charge on any atom is 0.246 e. The molecule has 1 aromatic heterocycles. The molecule has 1 aliphatic rings. The number of methoxy groups -OCH3 is 1. The molecule has 0 saturated carbocycles. The lowest BCUT2D eigenvalue weighted by molar-refractivity contribution is -0.127. The Bertz CT molecular complexity index is 1270. The molecule has 1 saturated heterocycles. The number of aromatic nitrogens is 1. The Balaban J connectivity index is 1.40.